The molecule has 1 saturated carbocycles. The van der Waals surface area contributed by atoms with Gasteiger partial charge in [0.05, 0.1) is 6.54 Å². The van der Waals surface area contributed by atoms with E-state index in [1.807, 2.05) is 27.0 Å². The molecule has 0 spiro atoms. The van der Waals surface area contributed by atoms with Gasteiger partial charge in [-0.2, -0.15) is 0 Å². The summed E-state index contributed by atoms with van der Waals surface area (Å²) in [6, 6.07) is 2.55. The Morgan fingerprint density at radius 1 is 1.41 bits per heavy atom. The van der Waals surface area contributed by atoms with Crippen molar-refractivity contribution in [3.8, 4) is 0 Å². The number of ketones is 1. The van der Waals surface area contributed by atoms with E-state index < -0.39 is 0 Å². The van der Waals surface area contributed by atoms with Gasteiger partial charge in [-0.1, -0.05) is 12.8 Å². The normalized spacial score (nSPS) is 16.6. The minimum atomic E-state index is 0.220. The predicted molar refractivity (Wildman–Crippen MR) is 69.5 cm³/mol. The van der Waals surface area contributed by atoms with E-state index in [4.69, 9.17) is 0 Å². The molecule has 0 unspecified atom stereocenters. The topological polar surface area (TPSA) is 34.0 Å². The molecule has 1 aliphatic carbocycles. The molecule has 0 aromatic carbocycles. The number of aromatic nitrogens is 1. The lowest BCUT2D eigenvalue weighted by Gasteiger charge is -2.10. The number of aryl methyl sites for hydroxylation is 1. The minimum absolute atomic E-state index is 0.220. The molecule has 0 amide bonds. The van der Waals surface area contributed by atoms with Gasteiger partial charge in [0, 0.05) is 30.0 Å². The molecular weight excluding hydrogens is 212 g/mol. The van der Waals surface area contributed by atoms with Crippen LogP contribution in [-0.4, -0.2) is 22.9 Å². The molecule has 3 heteroatoms. The smallest absolute Gasteiger partial charge is 0.178 e. The zero-order valence-corrected chi connectivity index (χ0v) is 11.0. The van der Waals surface area contributed by atoms with Gasteiger partial charge in [0.2, 0.25) is 0 Å². The van der Waals surface area contributed by atoms with Crippen LogP contribution in [0, 0.1) is 13.8 Å². The monoisotopic (exact) mass is 234 g/mol. The van der Waals surface area contributed by atoms with Crippen LogP contribution in [0.25, 0.3) is 0 Å². The Hall–Kier alpha value is -1.09. The Kier molecular flexibility index (Phi) is 3.67. The summed E-state index contributed by atoms with van der Waals surface area (Å²) >= 11 is 0. The van der Waals surface area contributed by atoms with Crippen LogP contribution < -0.4 is 5.32 Å². The summed E-state index contributed by atoms with van der Waals surface area (Å²) in [5.41, 5.74) is 3.09. The number of carbonyl (C=O) groups is 1. The van der Waals surface area contributed by atoms with Crippen molar-refractivity contribution in [1.29, 1.82) is 0 Å². The van der Waals surface area contributed by atoms with Crippen LogP contribution in [0.5, 0.6) is 0 Å². The molecule has 94 valence electrons. The minimum Gasteiger partial charge on any atom is -0.351 e. The van der Waals surface area contributed by atoms with Crippen LogP contribution in [0.3, 0.4) is 0 Å². The van der Waals surface area contributed by atoms with Crippen LogP contribution in [-0.2, 0) is 7.05 Å². The van der Waals surface area contributed by atoms with Crippen molar-refractivity contribution in [3.63, 3.8) is 0 Å². The van der Waals surface area contributed by atoms with Gasteiger partial charge in [0.15, 0.2) is 5.78 Å². The first-order valence-electron chi connectivity index (χ1n) is 6.49. The maximum atomic E-state index is 12.1. The molecule has 0 atom stereocenters. The fraction of sp³-hybridized carbons (Fsp3) is 0.643. The van der Waals surface area contributed by atoms with Gasteiger partial charge in [0.25, 0.3) is 0 Å². The molecule has 1 aromatic heterocycles. The summed E-state index contributed by atoms with van der Waals surface area (Å²) in [5, 5.41) is 3.38. The highest BCUT2D eigenvalue weighted by Crippen LogP contribution is 2.18. The molecule has 3 nitrogen and oxygen atoms in total. The maximum Gasteiger partial charge on any atom is 0.178 e. The SMILES string of the molecule is Cc1cc(C(=O)CNC2CCCC2)c(C)n1C. The van der Waals surface area contributed by atoms with E-state index in [0.717, 1.165) is 17.0 Å². The molecule has 2 rings (SSSR count). The summed E-state index contributed by atoms with van der Waals surface area (Å²) in [6.45, 7) is 4.53. The molecule has 0 aliphatic heterocycles. The zero-order chi connectivity index (χ0) is 12.4. The first kappa shape index (κ1) is 12.4. The Bertz CT molecular complexity index is 414. The second-order valence-electron chi connectivity index (χ2n) is 5.13. The average Bonchev–Trinajstić information content (AvgIpc) is 2.91. The number of carbonyl (C=O) groups excluding carboxylic acids is 1. The quantitative estimate of drug-likeness (QED) is 0.811. The third-order valence-corrected chi connectivity index (χ3v) is 3.98. The van der Waals surface area contributed by atoms with Crippen molar-refractivity contribution in [2.45, 2.75) is 45.6 Å². The van der Waals surface area contributed by atoms with Crippen LogP contribution in [0.4, 0.5) is 0 Å². The summed E-state index contributed by atoms with van der Waals surface area (Å²) in [5.74, 6) is 0.220. The van der Waals surface area contributed by atoms with E-state index in [0.29, 0.717) is 12.6 Å². The van der Waals surface area contributed by atoms with E-state index in [-0.39, 0.29) is 5.78 Å². The summed E-state index contributed by atoms with van der Waals surface area (Å²) in [4.78, 5) is 12.1. The number of rotatable bonds is 4. The molecule has 1 aromatic rings. The van der Waals surface area contributed by atoms with Crippen molar-refractivity contribution >= 4 is 5.78 Å². The van der Waals surface area contributed by atoms with E-state index in [1.165, 1.54) is 25.7 Å². The second-order valence-corrected chi connectivity index (χ2v) is 5.13. The predicted octanol–water partition coefficient (Wildman–Crippen LogP) is 2.36. The van der Waals surface area contributed by atoms with Crippen molar-refractivity contribution in [2.24, 2.45) is 7.05 Å². The molecule has 1 heterocycles. The molecule has 0 bridgehead atoms. The van der Waals surface area contributed by atoms with Gasteiger partial charge in [-0.3, -0.25) is 4.79 Å². The average molecular weight is 234 g/mol. The Labute approximate surface area is 103 Å². The first-order valence-corrected chi connectivity index (χ1v) is 6.49. The van der Waals surface area contributed by atoms with E-state index in [2.05, 4.69) is 9.88 Å². The van der Waals surface area contributed by atoms with Gasteiger partial charge in [0.1, 0.15) is 0 Å². The highest BCUT2D eigenvalue weighted by molar-refractivity contribution is 5.99. The Morgan fingerprint density at radius 2 is 2.06 bits per heavy atom. The van der Waals surface area contributed by atoms with Crippen molar-refractivity contribution < 1.29 is 4.79 Å². The molecule has 0 radical (unpaired) electrons. The fourth-order valence-corrected chi connectivity index (χ4v) is 2.60. The molecule has 0 saturated heterocycles. The van der Waals surface area contributed by atoms with Crippen LogP contribution in [0.1, 0.15) is 47.4 Å². The van der Waals surface area contributed by atoms with Gasteiger partial charge in [-0.05, 0) is 32.8 Å². The number of Topliss-reactive ketones (excluding diaryl/α,β-unsaturated/α-hetero) is 1. The first-order chi connectivity index (χ1) is 8.09. The number of nitrogens with zero attached hydrogens (tertiary/aromatic N) is 1. The third kappa shape index (κ3) is 2.60. The number of hydrogen-bond acceptors (Lipinski definition) is 2. The fourth-order valence-electron chi connectivity index (χ4n) is 2.60. The third-order valence-electron chi connectivity index (χ3n) is 3.98. The van der Waals surface area contributed by atoms with Gasteiger partial charge in [-0.25, -0.2) is 0 Å². The standard InChI is InChI=1S/C14H22N2O/c1-10-8-13(11(2)16(10)3)14(17)9-15-12-6-4-5-7-12/h8,12,15H,4-7,9H2,1-3H3. The van der Waals surface area contributed by atoms with Crippen LogP contribution >= 0.6 is 0 Å². The molecule has 17 heavy (non-hydrogen) atoms. The van der Waals surface area contributed by atoms with Gasteiger partial charge in [-0.15, -0.1) is 0 Å². The Balaban J connectivity index is 1.96. The second kappa shape index (κ2) is 5.05. The zero-order valence-electron chi connectivity index (χ0n) is 11.0. The largest absolute Gasteiger partial charge is 0.351 e. The Morgan fingerprint density at radius 3 is 2.59 bits per heavy atom. The van der Waals surface area contributed by atoms with Crippen molar-refractivity contribution in [1.82, 2.24) is 9.88 Å². The van der Waals surface area contributed by atoms with E-state index in [1.54, 1.807) is 0 Å². The van der Waals surface area contributed by atoms with Gasteiger partial charge < -0.3 is 9.88 Å². The molecule has 1 fully saturated rings. The lowest BCUT2D eigenvalue weighted by Crippen LogP contribution is -2.31. The lowest BCUT2D eigenvalue weighted by molar-refractivity contribution is 0.0986. The maximum absolute atomic E-state index is 12.1. The van der Waals surface area contributed by atoms with Gasteiger partial charge >= 0.3 is 0 Å². The molecular formula is C14H22N2O. The van der Waals surface area contributed by atoms with E-state index >= 15 is 0 Å². The van der Waals surface area contributed by atoms with E-state index in [9.17, 15) is 4.79 Å². The number of nitrogens with one attached hydrogen (secondary N) is 1. The summed E-state index contributed by atoms with van der Waals surface area (Å²) < 4.78 is 2.07. The summed E-state index contributed by atoms with van der Waals surface area (Å²) in [7, 11) is 2.01. The molecule has 1 aliphatic rings. The van der Waals surface area contributed by atoms with Crippen molar-refractivity contribution in [3.05, 3.63) is 23.0 Å². The van der Waals surface area contributed by atoms with Crippen LogP contribution in [0.2, 0.25) is 0 Å². The summed E-state index contributed by atoms with van der Waals surface area (Å²) in [6.07, 6.45) is 5.05. The molecule has 1 N–H and O–H groups in total. The highest BCUT2D eigenvalue weighted by Gasteiger charge is 2.18. The highest BCUT2D eigenvalue weighted by atomic mass is 16.1. The lowest BCUT2D eigenvalue weighted by atomic mass is 10.1. The number of hydrogen-bond donors (Lipinski definition) is 1. The van der Waals surface area contributed by atoms with Crippen LogP contribution in [0.15, 0.2) is 6.07 Å². The van der Waals surface area contributed by atoms with Crippen molar-refractivity contribution in [2.75, 3.05) is 6.54 Å².